The summed E-state index contributed by atoms with van der Waals surface area (Å²) in [6.45, 7) is 6.66. The van der Waals surface area contributed by atoms with Crippen LogP contribution in [0.4, 0.5) is 0 Å². The smallest absolute Gasteiger partial charge is 0.263 e. The molecule has 1 unspecified atom stereocenters. The van der Waals surface area contributed by atoms with Gasteiger partial charge in [-0.25, -0.2) is 8.42 Å². The minimum Gasteiger partial charge on any atom is -0.481 e. The zero-order valence-corrected chi connectivity index (χ0v) is 18.3. The van der Waals surface area contributed by atoms with Gasteiger partial charge in [-0.3, -0.25) is 4.79 Å². The van der Waals surface area contributed by atoms with Crippen molar-refractivity contribution in [2.75, 3.05) is 26.2 Å². The molecule has 29 heavy (non-hydrogen) atoms. The van der Waals surface area contributed by atoms with E-state index in [1.54, 1.807) is 42.2 Å². The van der Waals surface area contributed by atoms with E-state index in [0.29, 0.717) is 23.9 Å². The maximum atomic E-state index is 12.8. The van der Waals surface area contributed by atoms with Gasteiger partial charge in [0.1, 0.15) is 5.75 Å². The molecule has 0 radical (unpaired) electrons. The van der Waals surface area contributed by atoms with Gasteiger partial charge in [0.15, 0.2) is 6.10 Å². The van der Waals surface area contributed by atoms with Gasteiger partial charge in [0.2, 0.25) is 10.0 Å². The maximum absolute atomic E-state index is 12.8. The Morgan fingerprint density at radius 1 is 1.03 bits per heavy atom. The molecule has 2 aromatic carbocycles. The lowest BCUT2D eigenvalue weighted by Crippen LogP contribution is -2.53. The van der Waals surface area contributed by atoms with Crippen LogP contribution in [0.5, 0.6) is 5.75 Å². The minimum absolute atomic E-state index is 0.160. The Kier molecular flexibility index (Phi) is 6.51. The number of rotatable bonds is 5. The zero-order valence-electron chi connectivity index (χ0n) is 16.8. The summed E-state index contributed by atoms with van der Waals surface area (Å²) >= 11 is 6.18. The fourth-order valence-electron chi connectivity index (χ4n) is 3.38. The monoisotopic (exact) mass is 436 g/mol. The fraction of sp³-hybridized carbons (Fsp3) is 0.381. The van der Waals surface area contributed by atoms with Crippen LogP contribution in [-0.2, 0) is 14.8 Å². The maximum Gasteiger partial charge on any atom is 0.263 e. The van der Waals surface area contributed by atoms with Crippen LogP contribution in [0.25, 0.3) is 0 Å². The SMILES string of the molecule is Cc1cc(OC(C)C(=O)N2CCN(S(=O)(=O)c3ccccc3)CC2)cc(C)c1Cl. The lowest BCUT2D eigenvalue weighted by atomic mass is 10.1. The quantitative estimate of drug-likeness (QED) is 0.721. The highest BCUT2D eigenvalue weighted by Gasteiger charge is 2.32. The van der Waals surface area contributed by atoms with Gasteiger partial charge in [0.25, 0.3) is 5.91 Å². The molecule has 1 saturated heterocycles. The highest BCUT2D eigenvalue weighted by molar-refractivity contribution is 7.89. The molecule has 8 heteroatoms. The first-order valence-corrected chi connectivity index (χ1v) is 11.3. The summed E-state index contributed by atoms with van der Waals surface area (Å²) in [5.41, 5.74) is 1.78. The highest BCUT2D eigenvalue weighted by Crippen LogP contribution is 2.27. The van der Waals surface area contributed by atoms with Crippen LogP contribution in [0.1, 0.15) is 18.1 Å². The van der Waals surface area contributed by atoms with Crippen molar-refractivity contribution in [1.82, 2.24) is 9.21 Å². The molecule has 1 heterocycles. The first kappa shape index (κ1) is 21.6. The second-order valence-electron chi connectivity index (χ2n) is 7.17. The molecule has 1 aliphatic rings. The number of benzene rings is 2. The lowest BCUT2D eigenvalue weighted by molar-refractivity contribution is -0.139. The van der Waals surface area contributed by atoms with E-state index in [4.69, 9.17) is 16.3 Å². The number of ether oxygens (including phenoxy) is 1. The molecule has 2 aromatic rings. The normalized spacial score (nSPS) is 16.5. The average Bonchev–Trinajstić information content (AvgIpc) is 2.72. The molecule has 0 spiro atoms. The summed E-state index contributed by atoms with van der Waals surface area (Å²) < 4.78 is 32.7. The van der Waals surface area contributed by atoms with Crippen molar-refractivity contribution in [3.8, 4) is 5.75 Å². The predicted molar refractivity (Wildman–Crippen MR) is 113 cm³/mol. The Morgan fingerprint density at radius 2 is 1.59 bits per heavy atom. The van der Waals surface area contributed by atoms with Crippen molar-refractivity contribution in [3.05, 3.63) is 58.6 Å². The number of halogens is 1. The van der Waals surface area contributed by atoms with E-state index < -0.39 is 16.1 Å². The summed E-state index contributed by atoms with van der Waals surface area (Å²) in [6.07, 6.45) is -0.674. The van der Waals surface area contributed by atoms with Crippen molar-refractivity contribution >= 4 is 27.5 Å². The van der Waals surface area contributed by atoms with E-state index in [-0.39, 0.29) is 23.9 Å². The Hall–Kier alpha value is -2.09. The molecule has 3 rings (SSSR count). The van der Waals surface area contributed by atoms with Crippen molar-refractivity contribution in [2.45, 2.75) is 31.8 Å². The van der Waals surface area contributed by atoms with Crippen molar-refractivity contribution in [1.29, 1.82) is 0 Å². The second-order valence-corrected chi connectivity index (χ2v) is 9.49. The van der Waals surface area contributed by atoms with E-state index >= 15 is 0 Å². The molecular weight excluding hydrogens is 412 g/mol. The van der Waals surface area contributed by atoms with Crippen LogP contribution < -0.4 is 4.74 Å². The number of hydrogen-bond acceptors (Lipinski definition) is 4. The van der Waals surface area contributed by atoms with Gasteiger partial charge >= 0.3 is 0 Å². The fourth-order valence-corrected chi connectivity index (χ4v) is 4.93. The molecule has 0 bridgehead atoms. The largest absolute Gasteiger partial charge is 0.481 e. The van der Waals surface area contributed by atoms with Gasteiger partial charge in [0.05, 0.1) is 4.90 Å². The topological polar surface area (TPSA) is 66.9 Å². The highest BCUT2D eigenvalue weighted by atomic mass is 35.5. The first-order valence-electron chi connectivity index (χ1n) is 9.47. The second kappa shape index (κ2) is 8.73. The van der Waals surface area contributed by atoms with Gasteiger partial charge < -0.3 is 9.64 Å². The molecule has 0 aromatic heterocycles. The van der Waals surface area contributed by atoms with E-state index in [2.05, 4.69) is 0 Å². The van der Waals surface area contributed by atoms with Crippen molar-refractivity contribution < 1.29 is 17.9 Å². The number of nitrogens with zero attached hydrogens (tertiary/aromatic N) is 2. The number of amides is 1. The Morgan fingerprint density at radius 3 is 2.14 bits per heavy atom. The molecule has 156 valence electrons. The minimum atomic E-state index is -3.54. The van der Waals surface area contributed by atoms with E-state index in [9.17, 15) is 13.2 Å². The Balaban J connectivity index is 1.61. The summed E-state index contributed by atoms with van der Waals surface area (Å²) in [5.74, 6) is 0.433. The predicted octanol–water partition coefficient (Wildman–Crippen LogP) is 3.26. The number of carbonyl (C=O) groups excluding carboxylic acids is 1. The van der Waals surface area contributed by atoms with E-state index in [1.807, 2.05) is 26.0 Å². The molecule has 1 fully saturated rings. The average molecular weight is 437 g/mol. The van der Waals surface area contributed by atoms with Crippen molar-refractivity contribution in [3.63, 3.8) is 0 Å². The van der Waals surface area contributed by atoms with Crippen LogP contribution in [0.3, 0.4) is 0 Å². The third kappa shape index (κ3) is 4.74. The summed E-state index contributed by atoms with van der Waals surface area (Å²) in [5, 5.41) is 0.687. The summed E-state index contributed by atoms with van der Waals surface area (Å²) in [6, 6.07) is 12.0. The summed E-state index contributed by atoms with van der Waals surface area (Å²) in [4.78, 5) is 14.7. The number of piperazine rings is 1. The van der Waals surface area contributed by atoms with Crippen LogP contribution in [0.2, 0.25) is 5.02 Å². The standard InChI is InChI=1S/C21H25ClN2O4S/c1-15-13-18(14-16(2)20(15)22)28-17(3)21(25)23-9-11-24(12-10-23)29(26,27)19-7-5-4-6-8-19/h4-8,13-14,17H,9-12H2,1-3H3. The molecule has 0 N–H and O–H groups in total. The third-order valence-corrected chi connectivity index (χ3v) is 7.51. The van der Waals surface area contributed by atoms with Gasteiger partial charge in [-0.05, 0) is 56.2 Å². The van der Waals surface area contributed by atoms with Crippen LogP contribution in [-0.4, -0.2) is 55.8 Å². The number of carbonyl (C=O) groups is 1. The van der Waals surface area contributed by atoms with Gasteiger partial charge in [0, 0.05) is 31.2 Å². The van der Waals surface area contributed by atoms with E-state index in [1.165, 1.54) is 4.31 Å². The van der Waals surface area contributed by atoms with Crippen LogP contribution >= 0.6 is 11.6 Å². The molecule has 0 aliphatic carbocycles. The molecule has 6 nitrogen and oxygen atoms in total. The lowest BCUT2D eigenvalue weighted by Gasteiger charge is -2.35. The molecule has 1 aliphatic heterocycles. The van der Waals surface area contributed by atoms with E-state index in [0.717, 1.165) is 11.1 Å². The number of hydrogen-bond donors (Lipinski definition) is 0. The molecule has 1 amide bonds. The van der Waals surface area contributed by atoms with Crippen LogP contribution in [0, 0.1) is 13.8 Å². The number of aryl methyl sites for hydroxylation is 2. The van der Waals surface area contributed by atoms with Crippen LogP contribution in [0.15, 0.2) is 47.4 Å². The summed E-state index contributed by atoms with van der Waals surface area (Å²) in [7, 11) is -3.54. The van der Waals surface area contributed by atoms with Gasteiger partial charge in [-0.15, -0.1) is 0 Å². The van der Waals surface area contributed by atoms with Gasteiger partial charge in [-0.2, -0.15) is 4.31 Å². The first-order chi connectivity index (χ1) is 13.7. The Labute approximate surface area is 177 Å². The van der Waals surface area contributed by atoms with Gasteiger partial charge in [-0.1, -0.05) is 29.8 Å². The number of sulfonamides is 1. The third-order valence-electron chi connectivity index (χ3n) is 5.00. The molecule has 1 atom stereocenters. The Bertz CT molecular complexity index is 964. The molecular formula is C21H25ClN2O4S. The zero-order chi connectivity index (χ0) is 21.2. The molecule has 0 saturated carbocycles. The van der Waals surface area contributed by atoms with Crippen molar-refractivity contribution in [2.24, 2.45) is 0 Å².